The molecule has 0 radical (unpaired) electrons. The fourth-order valence-electron chi connectivity index (χ4n) is 4.54. The smallest absolute Gasteiger partial charge is 0.409 e. The van der Waals surface area contributed by atoms with Gasteiger partial charge in [-0.15, -0.1) is 23.2 Å². The largest absolute Gasteiger partial charge is 0.413 e. The number of carbonyl (C=O) groups is 1. The van der Waals surface area contributed by atoms with Gasteiger partial charge in [0.1, 0.15) is 22.1 Å². The molecule has 2 aromatic carbocycles. The van der Waals surface area contributed by atoms with Crippen molar-refractivity contribution >= 4 is 40.2 Å². The van der Waals surface area contributed by atoms with Gasteiger partial charge in [0.2, 0.25) is 0 Å². The lowest BCUT2D eigenvalue weighted by Crippen LogP contribution is -2.40. The molecule has 3 nitrogen and oxygen atoms in total. The van der Waals surface area contributed by atoms with Gasteiger partial charge in [0, 0.05) is 5.56 Å². The molecule has 3 rings (SSSR count). The lowest BCUT2D eigenvalue weighted by atomic mass is 9.83. The number of ether oxygens (including phenoxy) is 1. The van der Waals surface area contributed by atoms with Crippen molar-refractivity contribution in [3.05, 3.63) is 83.1 Å². The van der Waals surface area contributed by atoms with Gasteiger partial charge in [-0.25, -0.2) is 4.79 Å². The third-order valence-electron chi connectivity index (χ3n) is 6.09. The van der Waals surface area contributed by atoms with Crippen LogP contribution in [0, 0.1) is 0 Å². The number of unbranched alkanes of at least 4 members (excludes halogenated alkanes) is 2. The molecule has 1 aliphatic rings. The lowest BCUT2D eigenvalue weighted by molar-refractivity contribution is 0.179. The van der Waals surface area contributed by atoms with Gasteiger partial charge < -0.3 is 10.5 Å². The van der Waals surface area contributed by atoms with Crippen LogP contribution in [0.15, 0.2) is 72.0 Å². The predicted octanol–water partition coefficient (Wildman–Crippen LogP) is 6.97. The topological polar surface area (TPSA) is 52.3 Å². The number of primary amides is 1. The van der Waals surface area contributed by atoms with E-state index in [0.717, 1.165) is 55.6 Å². The maximum atomic E-state index is 11.6. The maximum absolute atomic E-state index is 11.6. The fraction of sp³-hybridized carbons (Fsp3) is 0.444. The Kier molecular flexibility index (Phi) is 10.0. The molecule has 33 heavy (non-hydrogen) atoms. The number of hydrogen-bond donors (Lipinski definition) is 1. The fourth-order valence-corrected chi connectivity index (χ4v) is 7.64. The van der Waals surface area contributed by atoms with E-state index < -0.39 is 11.0 Å². The molecule has 1 amide bonds. The number of allylic oxidation sites excluding steroid dienone is 2. The first kappa shape index (κ1) is 26.0. The van der Waals surface area contributed by atoms with Crippen LogP contribution < -0.4 is 5.73 Å². The predicted molar refractivity (Wildman–Crippen MR) is 142 cm³/mol. The Morgan fingerprint density at radius 3 is 2.27 bits per heavy atom. The molecule has 1 unspecified atom stereocenters. The minimum absolute atomic E-state index is 0.0678. The van der Waals surface area contributed by atoms with Gasteiger partial charge in [-0.2, -0.15) is 0 Å². The Morgan fingerprint density at radius 1 is 1.03 bits per heavy atom. The van der Waals surface area contributed by atoms with Crippen LogP contribution >= 0.6 is 23.2 Å². The van der Waals surface area contributed by atoms with Crippen LogP contribution in [0.3, 0.4) is 0 Å². The third kappa shape index (κ3) is 7.98. The van der Waals surface area contributed by atoms with E-state index in [1.807, 2.05) is 12.1 Å². The molecule has 1 aliphatic carbocycles. The number of amides is 1. The second-order valence-corrected chi connectivity index (χ2v) is 12.2. The van der Waals surface area contributed by atoms with Gasteiger partial charge in [-0.1, -0.05) is 67.1 Å². The van der Waals surface area contributed by atoms with E-state index in [1.165, 1.54) is 11.1 Å². The van der Waals surface area contributed by atoms with E-state index in [2.05, 4.69) is 54.8 Å². The van der Waals surface area contributed by atoms with E-state index in [4.69, 9.17) is 33.7 Å². The van der Waals surface area contributed by atoms with Gasteiger partial charge in [-0.05, 0) is 60.6 Å². The van der Waals surface area contributed by atoms with Crippen LogP contribution in [-0.4, -0.2) is 28.4 Å². The second-order valence-electron chi connectivity index (χ2n) is 8.84. The number of alkyl halides is 2. The number of nitrogens with two attached hydrogens (primary N) is 1. The minimum Gasteiger partial charge on any atom is -0.413 e. The average molecular weight is 508 g/mol. The van der Waals surface area contributed by atoms with Gasteiger partial charge in [0.25, 0.3) is 0 Å². The Morgan fingerprint density at radius 2 is 1.64 bits per heavy atom. The molecule has 0 aromatic heterocycles. The van der Waals surface area contributed by atoms with Crippen molar-refractivity contribution in [2.24, 2.45) is 5.73 Å². The Balaban J connectivity index is 1.68. The summed E-state index contributed by atoms with van der Waals surface area (Å²) < 4.78 is 5.44. The quantitative estimate of drug-likeness (QED) is 0.203. The molecular formula is C27H34Cl2NO2S+. The SMILES string of the molecule is C[S+](Cc1ccccc1)C[C@@]1(Cl)CC[C@H](Cl)C(OC(N)=O)=C1CCCCCc1ccccc1. The number of halogens is 2. The highest BCUT2D eigenvalue weighted by atomic mass is 35.5. The summed E-state index contributed by atoms with van der Waals surface area (Å²) in [5, 5.41) is -0.364. The van der Waals surface area contributed by atoms with E-state index in [1.54, 1.807) is 0 Å². The van der Waals surface area contributed by atoms with Gasteiger partial charge in [0.15, 0.2) is 0 Å². The zero-order valence-corrected chi connectivity index (χ0v) is 21.6. The van der Waals surface area contributed by atoms with Crippen LogP contribution in [0.1, 0.15) is 49.7 Å². The normalized spacial score (nSPS) is 21.6. The highest BCUT2D eigenvalue weighted by Crippen LogP contribution is 2.45. The molecule has 2 aromatic rings. The Bertz CT molecular complexity index is 922. The zero-order chi connectivity index (χ0) is 23.7. The molecule has 0 saturated heterocycles. The molecule has 0 bridgehead atoms. The van der Waals surface area contributed by atoms with Crippen LogP contribution in [-0.2, 0) is 27.8 Å². The van der Waals surface area contributed by atoms with Crippen molar-refractivity contribution in [3.8, 4) is 0 Å². The van der Waals surface area contributed by atoms with Crippen molar-refractivity contribution in [1.82, 2.24) is 0 Å². The second kappa shape index (κ2) is 12.7. The van der Waals surface area contributed by atoms with Crippen LogP contribution in [0.25, 0.3) is 0 Å². The molecule has 0 fully saturated rings. The van der Waals surface area contributed by atoms with Gasteiger partial charge >= 0.3 is 6.09 Å². The molecule has 3 atom stereocenters. The highest BCUT2D eigenvalue weighted by molar-refractivity contribution is 7.95. The summed E-state index contributed by atoms with van der Waals surface area (Å²) in [5.74, 6) is 2.30. The van der Waals surface area contributed by atoms with E-state index in [9.17, 15) is 4.79 Å². The summed E-state index contributed by atoms with van der Waals surface area (Å²) in [4.78, 5) is 11.1. The van der Waals surface area contributed by atoms with Gasteiger partial charge in [-0.3, -0.25) is 0 Å². The summed E-state index contributed by atoms with van der Waals surface area (Å²) in [5.41, 5.74) is 9.03. The van der Waals surface area contributed by atoms with E-state index in [-0.39, 0.29) is 16.3 Å². The van der Waals surface area contributed by atoms with Gasteiger partial charge in [0.05, 0.1) is 11.6 Å². The maximum Gasteiger partial charge on any atom is 0.409 e. The molecular weight excluding hydrogens is 473 g/mol. The third-order valence-corrected chi connectivity index (χ3v) is 9.03. The summed E-state index contributed by atoms with van der Waals surface area (Å²) in [6.07, 6.45) is 7.87. The van der Waals surface area contributed by atoms with Crippen LogP contribution in [0.2, 0.25) is 0 Å². The average Bonchev–Trinajstić information content (AvgIpc) is 2.79. The number of benzene rings is 2. The molecule has 0 aliphatic heterocycles. The number of rotatable bonds is 11. The number of aryl methyl sites for hydroxylation is 1. The van der Waals surface area contributed by atoms with E-state index in [0.29, 0.717) is 12.2 Å². The van der Waals surface area contributed by atoms with Crippen molar-refractivity contribution in [1.29, 1.82) is 0 Å². The Labute approximate surface area is 211 Å². The molecule has 0 saturated carbocycles. The first-order valence-electron chi connectivity index (χ1n) is 11.6. The van der Waals surface area contributed by atoms with Crippen molar-refractivity contribution in [3.63, 3.8) is 0 Å². The van der Waals surface area contributed by atoms with Crippen LogP contribution in [0.4, 0.5) is 4.79 Å². The molecule has 6 heteroatoms. The lowest BCUT2D eigenvalue weighted by Gasteiger charge is -2.36. The number of carbonyl (C=O) groups excluding carboxylic acids is 1. The highest BCUT2D eigenvalue weighted by Gasteiger charge is 2.45. The Hall–Kier alpha value is -1.62. The molecule has 2 N–H and O–H groups in total. The monoisotopic (exact) mass is 506 g/mol. The molecule has 0 heterocycles. The first-order valence-corrected chi connectivity index (χ1v) is 14.4. The number of hydrogen-bond acceptors (Lipinski definition) is 2. The summed E-state index contributed by atoms with van der Waals surface area (Å²) in [6, 6.07) is 21.0. The summed E-state index contributed by atoms with van der Waals surface area (Å²) in [7, 11) is 0.0678. The van der Waals surface area contributed by atoms with Crippen molar-refractivity contribution < 1.29 is 9.53 Å². The minimum atomic E-state index is -0.821. The molecule has 178 valence electrons. The molecule has 0 spiro atoms. The van der Waals surface area contributed by atoms with Crippen molar-refractivity contribution in [2.45, 2.75) is 60.9 Å². The first-order chi connectivity index (χ1) is 15.9. The van der Waals surface area contributed by atoms with E-state index >= 15 is 0 Å². The van der Waals surface area contributed by atoms with Crippen molar-refractivity contribution in [2.75, 3.05) is 12.0 Å². The standard InChI is InChI=1S/C27H33Cl2NO2S/c1-33(19-22-14-8-3-9-15-22)20-27(29)18-17-24(28)25(32-26(30)31)23(27)16-10-4-7-13-21-11-5-2-6-12-21/h2-3,5-6,8-9,11-12,14-15,24H,4,7,10,13,16-20H2,1H3,(H-,30,31)/p+1/t24-,27-,33?/m0/s1. The van der Waals surface area contributed by atoms with Crippen LogP contribution in [0.5, 0.6) is 0 Å². The summed E-state index contributed by atoms with van der Waals surface area (Å²) in [6.45, 7) is 0. The zero-order valence-electron chi connectivity index (χ0n) is 19.3. The summed E-state index contributed by atoms with van der Waals surface area (Å²) >= 11 is 13.9.